The van der Waals surface area contributed by atoms with Crippen molar-refractivity contribution in [2.75, 3.05) is 6.54 Å². The van der Waals surface area contributed by atoms with E-state index in [1.165, 1.54) is 6.42 Å². The maximum atomic E-state index is 12.6. The van der Waals surface area contributed by atoms with Crippen LogP contribution in [0.4, 0.5) is 4.79 Å². The summed E-state index contributed by atoms with van der Waals surface area (Å²) in [7, 11) is 0. The molecule has 0 saturated heterocycles. The molecule has 25 heavy (non-hydrogen) atoms. The molecule has 0 spiro atoms. The number of likely N-dealkylation sites (N-methyl/N-ethyl adjacent to an activating group) is 1. The van der Waals surface area contributed by atoms with E-state index in [-0.39, 0.29) is 24.5 Å². The van der Waals surface area contributed by atoms with Crippen molar-refractivity contribution in [2.24, 2.45) is 0 Å². The van der Waals surface area contributed by atoms with Gasteiger partial charge in [0.2, 0.25) is 0 Å². The molecular weight excluding hydrogens is 316 g/mol. The van der Waals surface area contributed by atoms with Crippen molar-refractivity contribution in [1.29, 1.82) is 5.26 Å². The highest BCUT2D eigenvalue weighted by atomic mass is 16.2. The second-order valence-electron chi connectivity index (χ2n) is 6.38. The van der Waals surface area contributed by atoms with E-state index in [0.29, 0.717) is 6.42 Å². The Morgan fingerprint density at radius 3 is 2.52 bits per heavy atom. The van der Waals surface area contributed by atoms with Gasteiger partial charge >= 0.3 is 6.03 Å². The van der Waals surface area contributed by atoms with Crippen molar-refractivity contribution in [3.8, 4) is 6.19 Å². The lowest BCUT2D eigenvalue weighted by molar-refractivity contribution is -0.129. The molecule has 1 saturated carbocycles. The Balaban J connectivity index is 2.03. The fourth-order valence-corrected chi connectivity index (χ4v) is 3.15. The Bertz CT molecular complexity index is 606. The molecule has 1 fully saturated rings. The van der Waals surface area contributed by atoms with E-state index in [1.807, 2.05) is 36.5 Å². The molecule has 2 N–H and O–H groups in total. The first kappa shape index (κ1) is 18.8. The molecule has 0 aliphatic heterocycles. The van der Waals surface area contributed by atoms with Crippen LogP contribution in [0, 0.1) is 11.5 Å². The van der Waals surface area contributed by atoms with Crippen LogP contribution in [0.25, 0.3) is 0 Å². The zero-order valence-corrected chi connectivity index (χ0v) is 14.7. The van der Waals surface area contributed by atoms with Crippen LogP contribution in [-0.2, 0) is 11.2 Å². The molecule has 134 valence electrons. The van der Waals surface area contributed by atoms with Gasteiger partial charge in [-0.05, 0) is 25.3 Å². The number of carbonyl (C=O) groups is 2. The second kappa shape index (κ2) is 9.67. The Morgan fingerprint density at radius 2 is 1.92 bits per heavy atom. The molecule has 6 heteroatoms. The summed E-state index contributed by atoms with van der Waals surface area (Å²) in [6, 6.07) is 8.56. The van der Waals surface area contributed by atoms with Gasteiger partial charge in [-0.25, -0.2) is 9.69 Å². The minimum absolute atomic E-state index is 0.166. The van der Waals surface area contributed by atoms with Crippen molar-refractivity contribution < 1.29 is 9.59 Å². The largest absolute Gasteiger partial charge is 0.335 e. The lowest BCUT2D eigenvalue weighted by Crippen LogP contribution is -2.53. The van der Waals surface area contributed by atoms with Crippen LogP contribution in [0.3, 0.4) is 0 Å². The number of hydrogen-bond donors (Lipinski definition) is 2. The zero-order chi connectivity index (χ0) is 18.1. The summed E-state index contributed by atoms with van der Waals surface area (Å²) in [6.45, 7) is 2.02. The minimum atomic E-state index is -0.759. The number of nitriles is 1. The summed E-state index contributed by atoms with van der Waals surface area (Å²) >= 11 is 0. The highest BCUT2D eigenvalue weighted by Gasteiger charge is 2.26. The number of benzene rings is 1. The van der Waals surface area contributed by atoms with Gasteiger partial charge in [0.25, 0.3) is 5.91 Å². The first-order chi connectivity index (χ1) is 12.1. The highest BCUT2D eigenvalue weighted by Crippen LogP contribution is 2.17. The Kier molecular flexibility index (Phi) is 7.27. The topological polar surface area (TPSA) is 85.2 Å². The van der Waals surface area contributed by atoms with Crippen LogP contribution in [-0.4, -0.2) is 35.5 Å². The molecular formula is C19H26N4O2. The number of nitrogens with one attached hydrogen (secondary N) is 2. The standard InChI is InChI=1S/C19H26N4O2/c1-2-23(14-20)18(24)17(13-15-9-5-3-6-10-15)22-19(25)21-16-11-7-4-8-12-16/h3,5-6,9-10,16-17H,2,4,7-8,11-13H2,1H3,(H2,21,22,25). The van der Waals surface area contributed by atoms with Crippen molar-refractivity contribution in [1.82, 2.24) is 15.5 Å². The molecule has 1 aliphatic rings. The predicted molar refractivity (Wildman–Crippen MR) is 95.5 cm³/mol. The maximum absolute atomic E-state index is 12.6. The number of nitrogens with zero attached hydrogens (tertiary/aromatic N) is 2. The molecule has 1 aromatic carbocycles. The minimum Gasteiger partial charge on any atom is -0.335 e. The molecule has 2 rings (SSSR count). The van der Waals surface area contributed by atoms with Crippen LogP contribution < -0.4 is 10.6 Å². The van der Waals surface area contributed by atoms with Crippen LogP contribution in [0.1, 0.15) is 44.6 Å². The molecule has 1 aromatic rings. The smallest absolute Gasteiger partial charge is 0.315 e. The molecule has 6 nitrogen and oxygen atoms in total. The predicted octanol–water partition coefficient (Wildman–Crippen LogP) is 2.56. The first-order valence-electron chi connectivity index (χ1n) is 8.96. The molecule has 0 radical (unpaired) electrons. The molecule has 0 heterocycles. The number of carbonyl (C=O) groups excluding carboxylic acids is 2. The van der Waals surface area contributed by atoms with E-state index in [1.54, 1.807) is 6.92 Å². The SMILES string of the molecule is CCN(C#N)C(=O)C(Cc1ccccc1)NC(=O)NC1CCCCC1. The van der Waals surface area contributed by atoms with Gasteiger partial charge in [0.1, 0.15) is 6.04 Å². The summed E-state index contributed by atoms with van der Waals surface area (Å²) in [5.74, 6) is -0.382. The van der Waals surface area contributed by atoms with Crippen molar-refractivity contribution >= 4 is 11.9 Å². The van der Waals surface area contributed by atoms with E-state index >= 15 is 0 Å². The van der Waals surface area contributed by atoms with Gasteiger partial charge in [-0.15, -0.1) is 0 Å². The van der Waals surface area contributed by atoms with Crippen LogP contribution in [0.2, 0.25) is 0 Å². The van der Waals surface area contributed by atoms with E-state index in [9.17, 15) is 9.59 Å². The monoisotopic (exact) mass is 342 g/mol. The summed E-state index contributed by atoms with van der Waals surface area (Å²) in [6.07, 6.45) is 7.65. The Labute approximate surface area is 149 Å². The zero-order valence-electron chi connectivity index (χ0n) is 14.7. The molecule has 3 amide bonds. The van der Waals surface area contributed by atoms with Crippen LogP contribution >= 0.6 is 0 Å². The van der Waals surface area contributed by atoms with Gasteiger partial charge in [-0.1, -0.05) is 49.6 Å². The molecule has 1 unspecified atom stereocenters. The Morgan fingerprint density at radius 1 is 1.24 bits per heavy atom. The van der Waals surface area contributed by atoms with Crippen molar-refractivity contribution in [2.45, 2.75) is 57.5 Å². The van der Waals surface area contributed by atoms with Gasteiger partial charge in [0, 0.05) is 19.0 Å². The average Bonchev–Trinajstić information content (AvgIpc) is 2.63. The van der Waals surface area contributed by atoms with Crippen LogP contribution in [0.15, 0.2) is 30.3 Å². The normalized spacial score (nSPS) is 15.7. The van der Waals surface area contributed by atoms with E-state index in [2.05, 4.69) is 10.6 Å². The van der Waals surface area contributed by atoms with Gasteiger partial charge in [0.05, 0.1) is 0 Å². The van der Waals surface area contributed by atoms with Gasteiger partial charge in [0.15, 0.2) is 6.19 Å². The molecule has 0 aromatic heterocycles. The van der Waals surface area contributed by atoms with Crippen molar-refractivity contribution in [3.63, 3.8) is 0 Å². The van der Waals surface area contributed by atoms with Crippen LogP contribution in [0.5, 0.6) is 0 Å². The number of hydrogen-bond acceptors (Lipinski definition) is 3. The highest BCUT2D eigenvalue weighted by molar-refractivity contribution is 5.88. The molecule has 1 aliphatic carbocycles. The summed E-state index contributed by atoms with van der Waals surface area (Å²) < 4.78 is 0. The van der Waals surface area contributed by atoms with Crippen molar-refractivity contribution in [3.05, 3.63) is 35.9 Å². The third-order valence-electron chi connectivity index (χ3n) is 4.53. The number of amides is 3. The Hall–Kier alpha value is -2.55. The number of urea groups is 1. The molecule has 0 bridgehead atoms. The third-order valence-corrected chi connectivity index (χ3v) is 4.53. The first-order valence-corrected chi connectivity index (χ1v) is 8.96. The van der Waals surface area contributed by atoms with Gasteiger partial charge in [-0.3, -0.25) is 4.79 Å². The molecule has 1 atom stereocenters. The van der Waals surface area contributed by atoms with E-state index < -0.39 is 6.04 Å². The summed E-state index contributed by atoms with van der Waals surface area (Å²) in [5, 5.41) is 14.9. The quantitative estimate of drug-likeness (QED) is 0.615. The lowest BCUT2D eigenvalue weighted by Gasteiger charge is -2.26. The van der Waals surface area contributed by atoms with Gasteiger partial charge < -0.3 is 10.6 Å². The second-order valence-corrected chi connectivity index (χ2v) is 6.38. The summed E-state index contributed by atoms with van der Waals surface area (Å²) in [5.41, 5.74) is 0.938. The third kappa shape index (κ3) is 5.79. The van der Waals surface area contributed by atoms with Gasteiger partial charge in [-0.2, -0.15) is 5.26 Å². The average molecular weight is 342 g/mol. The fraction of sp³-hybridized carbons (Fsp3) is 0.526. The van der Waals surface area contributed by atoms with E-state index in [4.69, 9.17) is 5.26 Å². The maximum Gasteiger partial charge on any atom is 0.315 e. The van der Waals surface area contributed by atoms with E-state index in [0.717, 1.165) is 36.1 Å². The number of rotatable bonds is 6. The summed E-state index contributed by atoms with van der Waals surface area (Å²) in [4.78, 5) is 26.0. The lowest BCUT2D eigenvalue weighted by atomic mass is 9.96. The fourth-order valence-electron chi connectivity index (χ4n) is 3.15.